The minimum Gasteiger partial charge on any atom is -0.490 e. The Balaban J connectivity index is 1.78. The van der Waals surface area contributed by atoms with E-state index in [9.17, 15) is 19.7 Å². The van der Waals surface area contributed by atoms with Crippen LogP contribution in [0.3, 0.4) is 0 Å². The van der Waals surface area contributed by atoms with Crippen molar-refractivity contribution in [1.29, 1.82) is 0 Å². The van der Waals surface area contributed by atoms with Crippen molar-refractivity contribution in [2.24, 2.45) is 0 Å². The molecule has 1 aliphatic rings. The average molecular weight is 551 g/mol. The highest BCUT2D eigenvalue weighted by molar-refractivity contribution is 9.10. The van der Waals surface area contributed by atoms with Gasteiger partial charge in [-0.3, -0.25) is 24.6 Å². The molecule has 0 N–H and O–H groups in total. The second kappa shape index (κ2) is 12.0. The first kappa shape index (κ1) is 25.7. The minimum atomic E-state index is -0.457. The van der Waals surface area contributed by atoms with Crippen LogP contribution in [-0.4, -0.2) is 47.8 Å². The molecule has 0 atom stereocenters. The highest BCUT2D eigenvalue weighted by atomic mass is 79.9. The molecule has 0 aromatic heterocycles. The van der Waals surface area contributed by atoms with Crippen LogP contribution in [0.1, 0.15) is 24.5 Å². The summed E-state index contributed by atoms with van der Waals surface area (Å²) in [6.45, 7) is 3.17. The number of halogens is 1. The third-order valence-corrected chi connectivity index (χ3v) is 6.26. The number of nitrogens with zero attached hydrogens (tertiary/aromatic N) is 2. The van der Waals surface area contributed by atoms with Crippen LogP contribution in [0.25, 0.3) is 6.08 Å². The number of imide groups is 1. The Morgan fingerprint density at radius 1 is 1.18 bits per heavy atom. The normalized spacial score (nSPS) is 14.7. The fraction of sp³-hybridized carbons (Fsp3) is 0.304. The lowest BCUT2D eigenvalue weighted by molar-refractivity contribution is -0.384. The quantitative estimate of drug-likeness (QED) is 0.158. The zero-order valence-corrected chi connectivity index (χ0v) is 21.0. The van der Waals surface area contributed by atoms with Gasteiger partial charge in [0, 0.05) is 32.4 Å². The van der Waals surface area contributed by atoms with Gasteiger partial charge in [0.25, 0.3) is 16.8 Å². The average Bonchev–Trinajstić information content (AvgIpc) is 3.06. The van der Waals surface area contributed by atoms with Gasteiger partial charge in [-0.25, -0.2) is 0 Å². The van der Waals surface area contributed by atoms with E-state index in [1.165, 1.54) is 17.0 Å². The molecular formula is C23H23BrN2O7S. The van der Waals surface area contributed by atoms with Gasteiger partial charge >= 0.3 is 0 Å². The van der Waals surface area contributed by atoms with Crippen LogP contribution < -0.4 is 9.47 Å². The fourth-order valence-electron chi connectivity index (χ4n) is 3.15. The molecule has 0 saturated carbocycles. The highest BCUT2D eigenvalue weighted by Gasteiger charge is 2.34. The van der Waals surface area contributed by atoms with Gasteiger partial charge in [0.2, 0.25) is 0 Å². The Labute approximate surface area is 209 Å². The molecule has 11 heteroatoms. The van der Waals surface area contributed by atoms with Gasteiger partial charge in [0.15, 0.2) is 11.5 Å². The van der Waals surface area contributed by atoms with Crippen LogP contribution >= 0.6 is 27.7 Å². The van der Waals surface area contributed by atoms with Crippen molar-refractivity contribution in [3.63, 3.8) is 0 Å². The summed E-state index contributed by atoms with van der Waals surface area (Å²) in [7, 11) is 1.57. The van der Waals surface area contributed by atoms with Gasteiger partial charge < -0.3 is 14.2 Å². The van der Waals surface area contributed by atoms with Crippen LogP contribution in [-0.2, 0) is 16.1 Å². The first-order valence-corrected chi connectivity index (χ1v) is 12.0. The predicted molar refractivity (Wildman–Crippen MR) is 132 cm³/mol. The zero-order valence-electron chi connectivity index (χ0n) is 18.6. The van der Waals surface area contributed by atoms with E-state index in [1.807, 2.05) is 6.92 Å². The predicted octanol–water partition coefficient (Wildman–Crippen LogP) is 5.41. The number of nitro groups is 1. The number of methoxy groups -OCH3 is 1. The second-order valence-corrected chi connectivity index (χ2v) is 9.00. The van der Waals surface area contributed by atoms with E-state index in [0.717, 1.165) is 17.3 Å². The van der Waals surface area contributed by atoms with E-state index >= 15 is 0 Å². The summed E-state index contributed by atoms with van der Waals surface area (Å²) in [5.41, 5.74) is 1.43. The van der Waals surface area contributed by atoms with Crippen LogP contribution in [0.4, 0.5) is 10.5 Å². The van der Waals surface area contributed by atoms with Crippen molar-refractivity contribution in [3.8, 4) is 11.5 Å². The minimum absolute atomic E-state index is 0.00685. The van der Waals surface area contributed by atoms with Crippen molar-refractivity contribution in [1.82, 2.24) is 4.90 Å². The summed E-state index contributed by atoms with van der Waals surface area (Å²) in [5.74, 6) is 0.591. The molecule has 0 unspecified atom stereocenters. The van der Waals surface area contributed by atoms with Crippen LogP contribution in [0, 0.1) is 10.1 Å². The van der Waals surface area contributed by atoms with Gasteiger partial charge in [-0.1, -0.05) is 0 Å². The van der Waals surface area contributed by atoms with Crippen LogP contribution in [0.15, 0.2) is 45.8 Å². The van der Waals surface area contributed by atoms with Crippen molar-refractivity contribution in [3.05, 3.63) is 67.0 Å². The number of carbonyl (C=O) groups is 2. The molecular weight excluding hydrogens is 528 g/mol. The topological polar surface area (TPSA) is 108 Å². The molecule has 180 valence electrons. The third kappa shape index (κ3) is 6.37. The Kier molecular flexibility index (Phi) is 9.08. The number of non-ortho nitro benzene ring substituents is 1. The number of amides is 2. The standard InChI is InChI=1S/C23H23BrN2O7S/c1-3-32-19-12-16(13-20-22(27)25(23(28)34-20)9-4-10-31-2)11-18(24)21(19)33-14-15-5-7-17(8-6-15)26(29)30/h5-8,11-13H,3-4,9-10,14H2,1-2H3/b20-13+. The number of benzene rings is 2. The number of hydrogen-bond acceptors (Lipinski definition) is 8. The molecule has 2 amide bonds. The Morgan fingerprint density at radius 3 is 2.56 bits per heavy atom. The smallest absolute Gasteiger partial charge is 0.293 e. The fourth-order valence-corrected chi connectivity index (χ4v) is 4.59. The number of rotatable bonds is 11. The first-order valence-electron chi connectivity index (χ1n) is 10.4. The molecule has 3 rings (SSSR count). The molecule has 2 aromatic rings. The molecule has 1 heterocycles. The summed E-state index contributed by atoms with van der Waals surface area (Å²) >= 11 is 4.39. The highest BCUT2D eigenvalue weighted by Crippen LogP contribution is 2.39. The lowest BCUT2D eigenvalue weighted by Gasteiger charge is -2.15. The number of carbonyl (C=O) groups excluding carboxylic acids is 2. The maximum absolute atomic E-state index is 12.7. The number of hydrogen-bond donors (Lipinski definition) is 0. The van der Waals surface area contributed by atoms with Crippen LogP contribution in [0.5, 0.6) is 11.5 Å². The van der Waals surface area contributed by atoms with Gasteiger partial charge in [-0.15, -0.1) is 0 Å². The lowest BCUT2D eigenvalue weighted by atomic mass is 10.1. The molecule has 0 radical (unpaired) electrons. The largest absolute Gasteiger partial charge is 0.490 e. The summed E-state index contributed by atoms with van der Waals surface area (Å²) < 4.78 is 17.3. The SMILES string of the molecule is CCOc1cc(/C=C2/SC(=O)N(CCCOC)C2=O)cc(Br)c1OCc1ccc([N+](=O)[O-])cc1. The molecule has 0 bridgehead atoms. The van der Waals surface area contributed by atoms with E-state index in [0.29, 0.717) is 52.6 Å². The summed E-state index contributed by atoms with van der Waals surface area (Å²) in [5, 5.41) is 10.5. The van der Waals surface area contributed by atoms with Gasteiger partial charge in [0.05, 0.1) is 20.9 Å². The molecule has 0 spiro atoms. The zero-order chi connectivity index (χ0) is 24.7. The number of nitro benzene ring substituents is 1. The Bertz CT molecular complexity index is 1110. The molecule has 1 fully saturated rings. The van der Waals surface area contributed by atoms with Crippen molar-refractivity contribution >= 4 is 50.6 Å². The molecule has 1 aliphatic heterocycles. The van der Waals surface area contributed by atoms with E-state index in [4.69, 9.17) is 14.2 Å². The molecule has 0 aliphatic carbocycles. The maximum Gasteiger partial charge on any atom is 0.293 e. The van der Waals surface area contributed by atoms with E-state index in [1.54, 1.807) is 37.5 Å². The lowest BCUT2D eigenvalue weighted by Crippen LogP contribution is -2.29. The Hall–Kier alpha value is -2.89. The van der Waals surface area contributed by atoms with Gasteiger partial charge in [-0.2, -0.15) is 0 Å². The maximum atomic E-state index is 12.7. The molecule has 1 saturated heterocycles. The summed E-state index contributed by atoms with van der Waals surface area (Å²) in [6, 6.07) is 9.60. The van der Waals surface area contributed by atoms with Crippen molar-refractivity contribution < 1.29 is 28.7 Å². The van der Waals surface area contributed by atoms with Gasteiger partial charge in [0.1, 0.15) is 6.61 Å². The van der Waals surface area contributed by atoms with E-state index in [-0.39, 0.29) is 23.4 Å². The summed E-state index contributed by atoms with van der Waals surface area (Å²) in [6.07, 6.45) is 2.22. The van der Waals surface area contributed by atoms with E-state index in [2.05, 4.69) is 15.9 Å². The number of thioether (sulfide) groups is 1. The van der Waals surface area contributed by atoms with Gasteiger partial charge in [-0.05, 0) is 82.5 Å². The molecule has 34 heavy (non-hydrogen) atoms. The van der Waals surface area contributed by atoms with Crippen LogP contribution in [0.2, 0.25) is 0 Å². The second-order valence-electron chi connectivity index (χ2n) is 7.15. The number of ether oxygens (including phenoxy) is 3. The van der Waals surface area contributed by atoms with Crippen molar-refractivity contribution in [2.75, 3.05) is 26.9 Å². The monoisotopic (exact) mass is 550 g/mol. The Morgan fingerprint density at radius 2 is 1.91 bits per heavy atom. The molecule has 9 nitrogen and oxygen atoms in total. The molecule has 2 aromatic carbocycles. The van der Waals surface area contributed by atoms with E-state index < -0.39 is 4.92 Å². The van der Waals surface area contributed by atoms with Crippen molar-refractivity contribution in [2.45, 2.75) is 20.0 Å². The first-order chi connectivity index (χ1) is 16.3. The third-order valence-electron chi connectivity index (χ3n) is 4.76. The summed E-state index contributed by atoms with van der Waals surface area (Å²) in [4.78, 5) is 36.8.